The van der Waals surface area contributed by atoms with Gasteiger partial charge in [0.05, 0.1) is 0 Å². The van der Waals surface area contributed by atoms with Gasteiger partial charge < -0.3 is 0 Å². The molecule has 0 unspecified atom stereocenters. The lowest BCUT2D eigenvalue weighted by atomic mass is 9.83. The molecule has 3 heteroatoms. The summed E-state index contributed by atoms with van der Waals surface area (Å²) in [5, 5.41) is 0. The van der Waals surface area contributed by atoms with Gasteiger partial charge in [-0.3, -0.25) is 4.98 Å². The molecule has 0 aliphatic rings. The van der Waals surface area contributed by atoms with Crippen LogP contribution in [0.5, 0.6) is 0 Å². The Labute approximate surface area is 95.6 Å². The Morgan fingerprint density at radius 1 is 0.938 bits per heavy atom. The lowest BCUT2D eigenvalue weighted by molar-refractivity contribution is 0.591. The molecule has 0 N–H and O–H groups in total. The van der Waals surface area contributed by atoms with Crippen LogP contribution in [0, 0.1) is 0 Å². The second kappa shape index (κ2) is 4.00. The summed E-state index contributed by atoms with van der Waals surface area (Å²) in [4.78, 5) is 12.3. The molecule has 82 valence electrons. The molecule has 2 aromatic heterocycles. The topological polar surface area (TPSA) is 38.7 Å². The zero-order valence-electron chi connectivity index (χ0n) is 9.81. The summed E-state index contributed by atoms with van der Waals surface area (Å²) < 4.78 is 0. The molecule has 0 saturated heterocycles. The molecule has 2 aromatic rings. The number of rotatable bonds is 1. The van der Waals surface area contributed by atoms with E-state index in [0.717, 1.165) is 11.1 Å². The maximum Gasteiger partial charge on any atom is 0.115 e. The molecule has 0 aliphatic heterocycles. The fraction of sp³-hybridized carbons (Fsp3) is 0.308. The van der Waals surface area contributed by atoms with E-state index < -0.39 is 0 Å². The van der Waals surface area contributed by atoms with Crippen molar-refractivity contribution in [1.29, 1.82) is 0 Å². The van der Waals surface area contributed by atoms with Crippen LogP contribution >= 0.6 is 0 Å². The number of aromatic nitrogens is 3. The molecule has 0 spiro atoms. The average molecular weight is 213 g/mol. The van der Waals surface area contributed by atoms with Crippen LogP contribution in [0.25, 0.3) is 11.1 Å². The number of nitrogens with zero attached hydrogens (tertiary/aromatic N) is 3. The lowest BCUT2D eigenvalue weighted by Crippen LogP contribution is -2.12. The van der Waals surface area contributed by atoms with Gasteiger partial charge in [-0.05, 0) is 17.0 Å². The fourth-order valence-corrected chi connectivity index (χ4v) is 1.72. The molecule has 2 heterocycles. The molecular weight excluding hydrogens is 198 g/mol. The van der Waals surface area contributed by atoms with Gasteiger partial charge in [-0.15, -0.1) is 0 Å². The van der Waals surface area contributed by atoms with Gasteiger partial charge in [-0.1, -0.05) is 20.8 Å². The van der Waals surface area contributed by atoms with E-state index in [1.54, 1.807) is 0 Å². The Kier molecular flexibility index (Phi) is 2.69. The minimum atomic E-state index is 0.0914. The summed E-state index contributed by atoms with van der Waals surface area (Å²) in [6.45, 7) is 6.57. The Balaban J connectivity index is 2.58. The van der Waals surface area contributed by atoms with Crippen molar-refractivity contribution < 1.29 is 0 Å². The molecule has 0 amide bonds. The van der Waals surface area contributed by atoms with E-state index in [2.05, 4.69) is 41.8 Å². The Morgan fingerprint density at radius 2 is 1.62 bits per heavy atom. The predicted octanol–water partition coefficient (Wildman–Crippen LogP) is 2.84. The van der Waals surface area contributed by atoms with Gasteiger partial charge in [-0.2, -0.15) is 0 Å². The van der Waals surface area contributed by atoms with Gasteiger partial charge in [0.15, 0.2) is 0 Å². The lowest BCUT2D eigenvalue weighted by Gasteiger charge is -2.22. The molecule has 3 nitrogen and oxygen atoms in total. The average Bonchev–Trinajstić information content (AvgIpc) is 2.29. The fourth-order valence-electron chi connectivity index (χ4n) is 1.72. The highest BCUT2D eigenvalue weighted by atomic mass is 14.8. The van der Waals surface area contributed by atoms with Crippen LogP contribution in [0.1, 0.15) is 26.3 Å². The van der Waals surface area contributed by atoms with E-state index in [1.807, 2.05) is 24.8 Å². The molecule has 2 rings (SSSR count). The quantitative estimate of drug-likeness (QED) is 0.731. The van der Waals surface area contributed by atoms with Crippen molar-refractivity contribution >= 4 is 0 Å². The molecule has 16 heavy (non-hydrogen) atoms. The van der Waals surface area contributed by atoms with Crippen molar-refractivity contribution in [2.75, 3.05) is 0 Å². The van der Waals surface area contributed by atoms with Crippen LogP contribution in [-0.4, -0.2) is 15.0 Å². The van der Waals surface area contributed by atoms with Crippen LogP contribution in [0.4, 0.5) is 0 Å². The monoisotopic (exact) mass is 213 g/mol. The second-order valence-corrected chi connectivity index (χ2v) is 4.80. The zero-order valence-corrected chi connectivity index (χ0v) is 9.81. The number of pyridine rings is 1. The third kappa shape index (κ3) is 2.08. The minimum absolute atomic E-state index is 0.0914. The van der Waals surface area contributed by atoms with E-state index in [9.17, 15) is 0 Å². The minimum Gasteiger partial charge on any atom is -0.264 e. The van der Waals surface area contributed by atoms with Gasteiger partial charge in [-0.25, -0.2) is 9.97 Å². The van der Waals surface area contributed by atoms with Gasteiger partial charge in [0.1, 0.15) is 6.33 Å². The highest BCUT2D eigenvalue weighted by Crippen LogP contribution is 2.31. The van der Waals surface area contributed by atoms with Crippen LogP contribution < -0.4 is 0 Å². The van der Waals surface area contributed by atoms with E-state index in [0.29, 0.717) is 0 Å². The first-order valence-electron chi connectivity index (χ1n) is 5.29. The smallest absolute Gasteiger partial charge is 0.115 e. The third-order valence-electron chi connectivity index (χ3n) is 2.50. The second-order valence-electron chi connectivity index (χ2n) is 4.80. The molecule has 0 aromatic carbocycles. The molecule has 0 bridgehead atoms. The Hall–Kier alpha value is -1.77. The van der Waals surface area contributed by atoms with E-state index in [-0.39, 0.29) is 5.41 Å². The van der Waals surface area contributed by atoms with Crippen molar-refractivity contribution in [3.05, 3.63) is 42.7 Å². The Bertz CT molecular complexity index is 472. The van der Waals surface area contributed by atoms with Crippen LogP contribution in [0.15, 0.2) is 37.2 Å². The van der Waals surface area contributed by atoms with Crippen molar-refractivity contribution in [1.82, 2.24) is 15.0 Å². The maximum atomic E-state index is 4.18. The Morgan fingerprint density at radius 3 is 2.25 bits per heavy atom. The molecule has 0 saturated carbocycles. The van der Waals surface area contributed by atoms with E-state index in [1.165, 1.54) is 11.9 Å². The van der Waals surface area contributed by atoms with Crippen molar-refractivity contribution in [3.8, 4) is 11.1 Å². The van der Waals surface area contributed by atoms with E-state index in [4.69, 9.17) is 0 Å². The molecule has 0 atom stereocenters. The normalized spacial score (nSPS) is 11.4. The van der Waals surface area contributed by atoms with Crippen LogP contribution in [0.2, 0.25) is 0 Å². The van der Waals surface area contributed by atoms with Gasteiger partial charge in [0, 0.05) is 35.9 Å². The highest BCUT2D eigenvalue weighted by molar-refractivity contribution is 5.65. The third-order valence-corrected chi connectivity index (χ3v) is 2.50. The summed E-state index contributed by atoms with van der Waals surface area (Å²) >= 11 is 0. The summed E-state index contributed by atoms with van der Waals surface area (Å²) in [7, 11) is 0. The zero-order chi connectivity index (χ0) is 11.6. The summed E-state index contributed by atoms with van der Waals surface area (Å²) in [6.07, 6.45) is 8.88. The highest BCUT2D eigenvalue weighted by Gasteiger charge is 2.18. The van der Waals surface area contributed by atoms with Crippen LogP contribution in [0.3, 0.4) is 0 Å². The van der Waals surface area contributed by atoms with E-state index >= 15 is 0 Å². The first-order valence-corrected chi connectivity index (χ1v) is 5.29. The van der Waals surface area contributed by atoms with Gasteiger partial charge in [0.25, 0.3) is 0 Å². The predicted molar refractivity (Wildman–Crippen MR) is 64.0 cm³/mol. The van der Waals surface area contributed by atoms with Crippen molar-refractivity contribution in [3.63, 3.8) is 0 Å². The van der Waals surface area contributed by atoms with Gasteiger partial charge >= 0.3 is 0 Å². The first-order chi connectivity index (χ1) is 7.59. The summed E-state index contributed by atoms with van der Waals surface area (Å²) in [5.74, 6) is 0. The molecule has 0 fully saturated rings. The maximum absolute atomic E-state index is 4.18. The largest absolute Gasteiger partial charge is 0.264 e. The van der Waals surface area contributed by atoms with Crippen molar-refractivity contribution in [2.45, 2.75) is 26.2 Å². The number of hydrogen-bond donors (Lipinski definition) is 0. The SMILES string of the molecule is CC(C)(C)c1ccncc1-c1cncnc1. The number of hydrogen-bond acceptors (Lipinski definition) is 3. The molecular formula is C13H15N3. The first kappa shape index (κ1) is 10.7. The van der Waals surface area contributed by atoms with Crippen molar-refractivity contribution in [2.24, 2.45) is 0 Å². The summed E-state index contributed by atoms with van der Waals surface area (Å²) in [5.41, 5.74) is 3.47. The molecule has 0 radical (unpaired) electrons. The summed E-state index contributed by atoms with van der Waals surface area (Å²) in [6, 6.07) is 2.06. The van der Waals surface area contributed by atoms with Gasteiger partial charge in [0.2, 0.25) is 0 Å². The van der Waals surface area contributed by atoms with Crippen LogP contribution in [-0.2, 0) is 5.41 Å². The standard InChI is InChI=1S/C13H15N3/c1-13(2,3)12-4-5-14-8-11(12)10-6-15-9-16-7-10/h4-9H,1-3H3. The molecule has 0 aliphatic carbocycles.